The number of hydrogen-bond donors (Lipinski definition) is 2. The van der Waals surface area contributed by atoms with Gasteiger partial charge < -0.3 is 19.7 Å². The normalized spacial score (nSPS) is 15.5. The molecule has 0 aromatic heterocycles. The highest BCUT2D eigenvalue weighted by atomic mass is 35.5. The van der Waals surface area contributed by atoms with Crippen LogP contribution in [-0.4, -0.2) is 57.6 Å². The number of halogens is 3. The number of alkyl halides is 2. The maximum absolute atomic E-state index is 15.2. The van der Waals surface area contributed by atoms with E-state index in [0.29, 0.717) is 5.02 Å². The molecule has 1 heterocycles. The summed E-state index contributed by atoms with van der Waals surface area (Å²) in [4.78, 5) is 14.4. The number of carbonyl (C=O) groups excluding carboxylic acids is 1. The van der Waals surface area contributed by atoms with Crippen molar-refractivity contribution < 1.29 is 18.3 Å². The fourth-order valence-corrected chi connectivity index (χ4v) is 6.10. The largest absolute Gasteiger partial charge is 0.490 e. The van der Waals surface area contributed by atoms with Crippen LogP contribution in [0.3, 0.4) is 0 Å². The molecule has 1 aliphatic carbocycles. The van der Waals surface area contributed by atoms with E-state index in [9.17, 15) is 4.79 Å². The zero-order valence-electron chi connectivity index (χ0n) is 26.8. The second-order valence-electron chi connectivity index (χ2n) is 12.0. The molecule has 2 N–H and O–H groups in total. The lowest BCUT2D eigenvalue weighted by Gasteiger charge is -2.24. The molecule has 0 bridgehead atoms. The molecule has 1 unspecified atom stereocenters. The van der Waals surface area contributed by atoms with Gasteiger partial charge >= 0.3 is 0 Å². The fourth-order valence-electron chi connectivity index (χ4n) is 5.19. The van der Waals surface area contributed by atoms with E-state index in [0.717, 1.165) is 57.3 Å². The van der Waals surface area contributed by atoms with Gasteiger partial charge in [0.1, 0.15) is 18.1 Å². The Bertz CT molecular complexity index is 1500. The standard InChI is InChI=1S/C30H26ClF2NO2S.C4H9N.C3H9N/c31-25-13-7-21(8-14-25)20-5-11-24(12-6-20)30(32,33)29(19-35)34-37-28-16-10-22-17-27(15-9-23(22)18-28)36-26-3-1-2-4-26;1-2-4-5-3-1;1-4(2)3/h5-19,26,29,34H,1-4H2;5H,1-4H2;1-3H3. The van der Waals surface area contributed by atoms with Gasteiger partial charge in [0.05, 0.1) is 6.10 Å². The smallest absolute Gasteiger partial charge is 0.295 e. The molecule has 1 atom stereocenters. The molecule has 9 heteroatoms. The van der Waals surface area contributed by atoms with Gasteiger partial charge in [-0.25, -0.2) is 4.72 Å². The van der Waals surface area contributed by atoms with Crippen LogP contribution >= 0.6 is 23.5 Å². The second-order valence-corrected chi connectivity index (χ2v) is 13.4. The van der Waals surface area contributed by atoms with Gasteiger partial charge in [0.15, 0.2) is 0 Å². The number of nitrogens with one attached hydrogen (secondary N) is 2. The van der Waals surface area contributed by atoms with Crippen LogP contribution in [0.1, 0.15) is 44.1 Å². The van der Waals surface area contributed by atoms with Crippen LogP contribution in [0.25, 0.3) is 21.9 Å². The Morgan fingerprint density at radius 2 is 1.43 bits per heavy atom. The molecular formula is C37H44ClF2N3O2S. The minimum Gasteiger partial charge on any atom is -0.490 e. The number of ether oxygens (including phenoxy) is 1. The van der Waals surface area contributed by atoms with Crippen LogP contribution in [-0.2, 0) is 10.7 Å². The first-order chi connectivity index (χ1) is 22.2. The summed E-state index contributed by atoms with van der Waals surface area (Å²) in [6.45, 7) is 2.50. The third-order valence-electron chi connectivity index (χ3n) is 7.62. The molecule has 6 rings (SSSR count). The number of rotatable bonds is 9. The van der Waals surface area contributed by atoms with Crippen molar-refractivity contribution in [3.05, 3.63) is 95.5 Å². The summed E-state index contributed by atoms with van der Waals surface area (Å²) in [6, 6.07) is 23.0. The summed E-state index contributed by atoms with van der Waals surface area (Å²) in [5.41, 5.74) is 1.42. The van der Waals surface area contributed by atoms with Crippen LogP contribution in [0.5, 0.6) is 5.75 Å². The van der Waals surface area contributed by atoms with Gasteiger partial charge in [-0.1, -0.05) is 60.1 Å². The monoisotopic (exact) mass is 667 g/mol. The summed E-state index contributed by atoms with van der Waals surface area (Å²) in [5, 5.41) is 5.81. The van der Waals surface area contributed by atoms with Gasteiger partial charge in [0.25, 0.3) is 5.92 Å². The fraction of sp³-hybridized carbons (Fsp3) is 0.378. The molecule has 0 spiro atoms. The van der Waals surface area contributed by atoms with E-state index < -0.39 is 12.0 Å². The lowest BCUT2D eigenvalue weighted by atomic mass is 9.98. The predicted octanol–water partition coefficient (Wildman–Crippen LogP) is 8.99. The first kappa shape index (κ1) is 35.8. The van der Waals surface area contributed by atoms with E-state index in [-0.39, 0.29) is 18.0 Å². The topological polar surface area (TPSA) is 53.6 Å². The number of aldehydes is 1. The van der Waals surface area contributed by atoms with Crippen LogP contribution in [0.15, 0.2) is 89.8 Å². The molecule has 46 heavy (non-hydrogen) atoms. The Balaban J connectivity index is 0.000000465. The van der Waals surface area contributed by atoms with E-state index in [1.165, 1.54) is 50.9 Å². The molecule has 0 amide bonds. The zero-order valence-corrected chi connectivity index (χ0v) is 28.4. The molecule has 2 aliphatic rings. The van der Waals surface area contributed by atoms with Crippen LogP contribution in [0, 0.1) is 0 Å². The molecule has 4 aromatic carbocycles. The van der Waals surface area contributed by atoms with Crippen molar-refractivity contribution in [2.24, 2.45) is 0 Å². The number of carbonyl (C=O) groups is 1. The van der Waals surface area contributed by atoms with Gasteiger partial charge in [-0.2, -0.15) is 8.78 Å². The first-order valence-electron chi connectivity index (χ1n) is 15.8. The summed E-state index contributed by atoms with van der Waals surface area (Å²) in [5.74, 6) is -2.54. The number of benzene rings is 4. The average Bonchev–Trinajstić information content (AvgIpc) is 3.80. The highest BCUT2D eigenvalue weighted by Crippen LogP contribution is 2.35. The lowest BCUT2D eigenvalue weighted by molar-refractivity contribution is -0.119. The highest BCUT2D eigenvalue weighted by molar-refractivity contribution is 7.97. The maximum atomic E-state index is 15.2. The first-order valence-corrected chi connectivity index (χ1v) is 17.0. The molecule has 5 nitrogen and oxygen atoms in total. The summed E-state index contributed by atoms with van der Waals surface area (Å²) in [7, 11) is 6.00. The van der Waals surface area contributed by atoms with Crippen molar-refractivity contribution in [2.45, 2.75) is 61.5 Å². The van der Waals surface area contributed by atoms with Crippen molar-refractivity contribution in [2.75, 3.05) is 34.2 Å². The van der Waals surface area contributed by atoms with Gasteiger partial charge in [-0.05, 0) is 143 Å². The van der Waals surface area contributed by atoms with Gasteiger partial charge in [-0.3, -0.25) is 0 Å². The molecule has 1 saturated carbocycles. The summed E-state index contributed by atoms with van der Waals surface area (Å²) >= 11 is 6.94. The van der Waals surface area contributed by atoms with Crippen LogP contribution < -0.4 is 14.8 Å². The molecular weight excluding hydrogens is 624 g/mol. The van der Waals surface area contributed by atoms with Crippen molar-refractivity contribution >= 4 is 40.6 Å². The number of hydrogen-bond acceptors (Lipinski definition) is 6. The Labute approximate surface area is 281 Å². The van der Waals surface area contributed by atoms with Gasteiger partial charge in [0.2, 0.25) is 0 Å². The number of nitrogens with zero attached hydrogens (tertiary/aromatic N) is 1. The molecule has 2 fully saturated rings. The van der Waals surface area contributed by atoms with Crippen molar-refractivity contribution in [3.8, 4) is 16.9 Å². The number of fused-ring (bicyclic) bond motifs is 1. The molecule has 246 valence electrons. The third kappa shape index (κ3) is 10.8. The minimum absolute atomic E-state index is 0.233. The van der Waals surface area contributed by atoms with Crippen molar-refractivity contribution in [1.29, 1.82) is 0 Å². The Morgan fingerprint density at radius 3 is 2.00 bits per heavy atom. The maximum Gasteiger partial charge on any atom is 0.295 e. The minimum atomic E-state index is -3.39. The van der Waals surface area contributed by atoms with E-state index in [2.05, 4.69) is 10.0 Å². The molecule has 0 radical (unpaired) electrons. The Morgan fingerprint density at radius 1 is 0.870 bits per heavy atom. The van der Waals surface area contributed by atoms with E-state index >= 15 is 8.78 Å². The van der Waals surface area contributed by atoms with Crippen LogP contribution in [0.4, 0.5) is 8.78 Å². The van der Waals surface area contributed by atoms with E-state index in [1.54, 1.807) is 24.3 Å². The summed E-state index contributed by atoms with van der Waals surface area (Å²) in [6.07, 6.45) is 7.92. The summed E-state index contributed by atoms with van der Waals surface area (Å²) < 4.78 is 39.2. The molecule has 1 saturated heterocycles. The molecule has 1 aliphatic heterocycles. The Kier molecular flexibility index (Phi) is 13.9. The SMILES string of the molecule is C1CCNC1.CN(C)C.O=CC(NSc1ccc2cc(OC3CCCC3)ccc2c1)C(F)(F)c1ccc(-c2ccc(Cl)cc2)cc1. The van der Waals surface area contributed by atoms with Crippen molar-refractivity contribution in [1.82, 2.24) is 14.9 Å². The molecule has 4 aromatic rings. The second kappa shape index (κ2) is 17.8. The zero-order chi connectivity index (χ0) is 32.9. The highest BCUT2D eigenvalue weighted by Gasteiger charge is 2.41. The van der Waals surface area contributed by atoms with Crippen LogP contribution in [0.2, 0.25) is 5.02 Å². The van der Waals surface area contributed by atoms with E-state index in [1.807, 2.05) is 74.6 Å². The quantitative estimate of drug-likeness (QED) is 0.137. The predicted molar refractivity (Wildman–Crippen MR) is 188 cm³/mol. The van der Waals surface area contributed by atoms with Gasteiger partial charge in [0, 0.05) is 15.5 Å². The van der Waals surface area contributed by atoms with Crippen molar-refractivity contribution in [3.63, 3.8) is 0 Å². The van der Waals surface area contributed by atoms with E-state index in [4.69, 9.17) is 16.3 Å². The lowest BCUT2D eigenvalue weighted by Crippen LogP contribution is -2.41. The third-order valence-corrected chi connectivity index (χ3v) is 8.74. The Hall–Kier alpha value is -3.01. The van der Waals surface area contributed by atoms with Gasteiger partial charge in [-0.15, -0.1) is 0 Å². The average molecular weight is 668 g/mol.